The number of thioether (sulfide) groups is 14. The van der Waals surface area contributed by atoms with E-state index < -0.39 is 4.92 Å². The van der Waals surface area contributed by atoms with Gasteiger partial charge in [-0.05, 0) is 320 Å². The van der Waals surface area contributed by atoms with E-state index in [0.717, 1.165) is 124 Å². The lowest BCUT2D eigenvalue weighted by atomic mass is 10.1. The molecule has 0 spiro atoms. The average molecular weight is 2320 g/mol. The Morgan fingerprint density at radius 1 is 0.226 bits per heavy atom. The second kappa shape index (κ2) is 56.9. The van der Waals surface area contributed by atoms with Crippen LogP contribution >= 0.6 is 266 Å². The second-order valence-electron chi connectivity index (χ2n) is 34.3. The number of nitrogens with zero attached hydrogens (tertiary/aromatic N) is 1. The molecule has 17 aromatic carbocycles. The van der Waals surface area contributed by atoms with Gasteiger partial charge in [0.05, 0.1) is 29.9 Å². The highest BCUT2D eigenvalue weighted by Gasteiger charge is 2.20. The van der Waals surface area contributed by atoms with Crippen LogP contribution in [0, 0.1) is 10.1 Å². The van der Waals surface area contributed by atoms with Crippen LogP contribution in [-0.2, 0) is 96.7 Å². The van der Waals surface area contributed by atoms with Crippen LogP contribution in [-0.4, -0.2) is 17.4 Å². The number of hydrogen-bond acceptors (Lipinski definition) is 26. The molecule has 0 saturated heterocycles. The monoisotopic (exact) mass is 2310 g/mol. The standard InChI is InChI=1S/C118H102N2O4S22/c121-118(119-116-37-38-117(120(122)123)115-4-2-1-3-114(115)116)39-40-124-62-85-41-100(141-71-90-51-110(143-73-86-43-102(133-63-77-5-21-92(125)22-6-77)56-103(44-86)134-64-78-7-23-93(126)24-8-78)60-111(52-90)144-74-87-45-104(135-65-79-9-25-94(127)26-10-79)57-105(46-87)136-66-80-11-27-95(128)28-12-80)55-101(42-85)142-72-91-53-112(145-75-88-47-106(137-67-81-13-29-96(129)30-14-81)58-107(48-88)138-68-82-15-31-97(130)32-16-82)61-113(54-91)146-76-89-49-108(139-69-83-17-33-98(131)34-18-83)59-109(50-89)140-70-84-19-35-99(132)36-20-84/h1-38,41-61,125-132H,39-40,62-76H2,(H,119,121). The van der Waals surface area contributed by atoms with Crippen LogP contribution < -0.4 is 5.32 Å². The maximum atomic E-state index is 13.9. The van der Waals surface area contributed by atoms with Gasteiger partial charge in [-0.1, -0.05) is 115 Å². The Morgan fingerprint density at radius 3 is 0.596 bits per heavy atom. The van der Waals surface area contributed by atoms with Crippen molar-refractivity contribution in [2.45, 2.75) is 201 Å². The summed E-state index contributed by atoms with van der Waals surface area (Å²) < 4.78 is 6.57. The minimum atomic E-state index is -0.392. The highest BCUT2D eigenvalue weighted by Crippen LogP contribution is 2.45. The van der Waals surface area contributed by atoms with E-state index in [1.807, 2.05) is 171 Å². The van der Waals surface area contributed by atoms with Crippen molar-refractivity contribution in [2.24, 2.45) is 0 Å². The van der Waals surface area contributed by atoms with Crippen LogP contribution in [0.2, 0.25) is 0 Å². The normalized spacial score (nSPS) is 11.4. The molecular formula is C118H102N2O4S22. The Hall–Kier alpha value is -6.47. The van der Waals surface area contributed by atoms with Crippen molar-refractivity contribution in [1.29, 1.82) is 0 Å². The molecule has 17 rings (SSSR count). The molecule has 0 aliphatic rings. The molecule has 0 aliphatic carbocycles. The van der Waals surface area contributed by atoms with Crippen LogP contribution in [0.15, 0.2) is 466 Å². The summed E-state index contributed by atoms with van der Waals surface area (Å²) in [4.78, 5) is 50.1. The molecule has 28 heteroatoms. The van der Waals surface area contributed by atoms with Gasteiger partial charge < -0.3 is 10.1 Å². The van der Waals surface area contributed by atoms with Gasteiger partial charge in [0.1, 0.15) is 0 Å². The van der Waals surface area contributed by atoms with Crippen LogP contribution in [0.3, 0.4) is 0 Å². The summed E-state index contributed by atoms with van der Waals surface area (Å²) in [6.45, 7) is 0.400. The maximum absolute atomic E-state index is 13.9. The number of fused-ring (bicyclic) bond motifs is 1. The molecule has 1 amide bonds. The fourth-order valence-corrected chi connectivity index (χ4v) is 30.5. The van der Waals surface area contributed by atoms with Crippen LogP contribution in [0.25, 0.3) is 10.8 Å². The highest BCUT2D eigenvalue weighted by molar-refractivity contribution is 8.02. The number of carbonyl (C=O) groups excluding carboxylic acids is 1. The molecule has 0 aliphatic heterocycles. The highest BCUT2D eigenvalue weighted by atomic mass is 32.2. The number of nitro benzene ring substituents is 1. The smallest absolute Gasteiger partial charge is 0.277 e. The van der Waals surface area contributed by atoms with E-state index in [1.54, 1.807) is 24.3 Å². The third-order valence-corrected chi connectivity index (χ3v) is 39.9. The molecule has 0 fully saturated rings. The van der Waals surface area contributed by atoms with Crippen molar-refractivity contribution in [1.82, 2.24) is 0 Å². The van der Waals surface area contributed by atoms with Crippen molar-refractivity contribution >= 4 is 294 Å². The molecule has 0 bridgehead atoms. The zero-order chi connectivity index (χ0) is 101. The van der Waals surface area contributed by atoms with Crippen LogP contribution in [0.4, 0.5) is 11.4 Å². The Kier molecular flexibility index (Phi) is 43.2. The number of amides is 1. The van der Waals surface area contributed by atoms with Gasteiger partial charge in [0, 0.05) is 205 Å². The van der Waals surface area contributed by atoms with Gasteiger partial charge >= 0.3 is 0 Å². The lowest BCUT2D eigenvalue weighted by molar-refractivity contribution is -0.383. The Bertz CT molecular complexity index is 6320. The Labute approximate surface area is 961 Å². The maximum Gasteiger partial charge on any atom is 0.277 e. The molecule has 0 radical (unpaired) electrons. The first kappa shape index (κ1) is 111. The lowest BCUT2D eigenvalue weighted by Crippen LogP contribution is -2.14. The first-order valence-corrected chi connectivity index (χ1v) is 64.0. The number of thiol groups is 8. The molecule has 146 heavy (non-hydrogen) atoms. The van der Waals surface area contributed by atoms with Gasteiger partial charge in [0.2, 0.25) is 5.91 Å². The van der Waals surface area contributed by atoms with E-state index in [0.29, 0.717) is 28.0 Å². The number of hydrogen-bond donors (Lipinski definition) is 9. The Balaban J connectivity index is 0.689. The summed E-state index contributed by atoms with van der Waals surface area (Å²) in [6, 6.07) is 128. The quantitative estimate of drug-likeness (QED) is 0.00596. The van der Waals surface area contributed by atoms with Gasteiger partial charge in [-0.2, -0.15) is 0 Å². The van der Waals surface area contributed by atoms with E-state index in [9.17, 15) is 14.9 Å². The van der Waals surface area contributed by atoms with E-state index >= 15 is 0 Å². The average Bonchev–Trinajstić information content (AvgIpc) is 0.802. The third-order valence-electron chi connectivity index (χ3n) is 22.9. The van der Waals surface area contributed by atoms with Crippen molar-refractivity contribution in [3.05, 3.63) is 451 Å². The summed E-state index contributed by atoms with van der Waals surface area (Å²) in [5.74, 6) is 10.9. The molecule has 0 heterocycles. The second-order valence-corrected chi connectivity index (χ2v) is 53.2. The van der Waals surface area contributed by atoms with Crippen molar-refractivity contribution in [2.75, 3.05) is 11.9 Å². The molecular weight excluding hydrogens is 2210 g/mol. The summed E-state index contributed by atoms with van der Waals surface area (Å²) in [5.41, 5.74) is 19.0. The number of rotatable bonds is 49. The van der Waals surface area contributed by atoms with E-state index in [1.165, 1.54) is 143 Å². The first-order chi connectivity index (χ1) is 71.1. The summed E-state index contributed by atoms with van der Waals surface area (Å²) in [7, 11) is 0. The predicted octanol–water partition coefficient (Wildman–Crippen LogP) is 38.7. The number of anilines is 1. The molecule has 1 N–H and O–H groups in total. The lowest BCUT2D eigenvalue weighted by Gasteiger charge is -2.14. The number of non-ortho nitro benzene ring substituents is 1. The van der Waals surface area contributed by atoms with Gasteiger partial charge in [-0.3, -0.25) is 14.9 Å². The molecule has 0 atom stereocenters. The van der Waals surface area contributed by atoms with Gasteiger partial charge in [-0.15, -0.1) is 266 Å². The molecule has 17 aromatic rings. The summed E-state index contributed by atoms with van der Waals surface area (Å²) in [6.07, 6.45) is 0.0693. The molecule has 740 valence electrons. The minimum Gasteiger partial charge on any atom is -0.376 e. The van der Waals surface area contributed by atoms with E-state index in [4.69, 9.17) is 4.74 Å². The number of ether oxygens (including phenoxy) is 1. The van der Waals surface area contributed by atoms with Gasteiger partial charge in [0.25, 0.3) is 5.69 Å². The molecule has 0 unspecified atom stereocenters. The largest absolute Gasteiger partial charge is 0.376 e. The SMILES string of the molecule is O=C(CCOCc1cc(SCc2cc(SCc3cc(SCc4ccc(S)cc4)cc(SCc4ccc(S)cc4)c3)cc(SCc3cc(SCc4ccc(S)cc4)cc(SCc4ccc(S)cc4)c3)c2)cc(SCc2cc(SCc3cc(SCc4ccc(S)cc4)cc(SCc4ccc(S)cc4)c3)cc(SCc3cc(SCc4ccc(S)cc4)cc(SCc4ccc(S)cc4)c3)c2)c1)Nc1ccc([N+](=O)[O-])c2ccccc12. The van der Waals surface area contributed by atoms with Gasteiger partial charge in [-0.25, -0.2) is 0 Å². The van der Waals surface area contributed by atoms with Gasteiger partial charge in [0.15, 0.2) is 0 Å². The third kappa shape index (κ3) is 36.1. The fourth-order valence-electron chi connectivity index (χ4n) is 15.4. The van der Waals surface area contributed by atoms with E-state index in [2.05, 4.69) is 428 Å². The molecule has 6 nitrogen and oxygen atoms in total. The fraction of sp³-hybridized carbons (Fsp3) is 0.144. The number of carbonyl (C=O) groups is 1. The topological polar surface area (TPSA) is 81.5 Å². The first-order valence-electron chi connectivity index (χ1n) is 46.6. The number of nitro groups is 1. The molecule has 0 saturated carbocycles. The van der Waals surface area contributed by atoms with Crippen LogP contribution in [0.1, 0.15) is 89.9 Å². The zero-order valence-electron chi connectivity index (χ0n) is 79.0. The zero-order valence-corrected chi connectivity index (χ0v) is 97.5. The summed E-state index contributed by atoms with van der Waals surface area (Å²) >= 11 is 63.0. The van der Waals surface area contributed by atoms with Crippen molar-refractivity contribution in [3.8, 4) is 0 Å². The van der Waals surface area contributed by atoms with Crippen molar-refractivity contribution < 1.29 is 14.5 Å². The molecule has 0 aromatic heterocycles. The van der Waals surface area contributed by atoms with Crippen LogP contribution in [0.5, 0.6) is 0 Å². The van der Waals surface area contributed by atoms with E-state index in [-0.39, 0.29) is 31.2 Å². The predicted molar refractivity (Wildman–Crippen MR) is 662 cm³/mol. The number of benzene rings is 17. The summed E-state index contributed by atoms with van der Waals surface area (Å²) in [5, 5.41) is 16.2. The Morgan fingerprint density at radius 2 is 0.404 bits per heavy atom. The minimum absolute atomic E-state index is 0.0205. The van der Waals surface area contributed by atoms with Crippen molar-refractivity contribution in [3.63, 3.8) is 0 Å². The number of nitrogens with one attached hydrogen (secondary N) is 1.